The van der Waals surface area contributed by atoms with Crippen molar-refractivity contribution in [1.82, 2.24) is 20.2 Å². The van der Waals surface area contributed by atoms with Crippen LogP contribution in [-0.4, -0.2) is 58.3 Å². The van der Waals surface area contributed by atoms with Gasteiger partial charge < -0.3 is 25.6 Å². The molecule has 0 spiro atoms. The van der Waals surface area contributed by atoms with Gasteiger partial charge in [0.25, 0.3) is 0 Å². The van der Waals surface area contributed by atoms with Gasteiger partial charge in [0.05, 0.1) is 6.20 Å². The number of nitrogens with one attached hydrogen (secondary N) is 3. The predicted octanol–water partition coefficient (Wildman–Crippen LogP) is 5.43. The summed E-state index contributed by atoms with van der Waals surface area (Å²) in [7, 11) is 0. The summed E-state index contributed by atoms with van der Waals surface area (Å²) in [6, 6.07) is 10.8. The Labute approximate surface area is 247 Å². The van der Waals surface area contributed by atoms with Crippen LogP contribution < -0.4 is 16.0 Å². The lowest BCUT2D eigenvalue weighted by atomic mass is 9.48. The van der Waals surface area contributed by atoms with Crippen LogP contribution in [0.4, 0.5) is 16.6 Å². The Bertz CT molecular complexity index is 1320. The van der Waals surface area contributed by atoms with Crippen LogP contribution >= 0.6 is 11.6 Å². The first-order chi connectivity index (χ1) is 19.6. The maximum absolute atomic E-state index is 12.4. The molecule has 5 fully saturated rings. The number of anilines is 2. The molecule has 1 amide bonds. The highest BCUT2D eigenvalue weighted by Gasteiger charge is 2.55. The number of aromatic nitrogens is 2. The summed E-state index contributed by atoms with van der Waals surface area (Å²) in [5, 5.41) is 21.2. The molecular formula is C31H40ClN7O2. The highest BCUT2D eigenvalue weighted by atomic mass is 35.5. The van der Waals surface area contributed by atoms with Crippen LogP contribution in [0.15, 0.2) is 30.5 Å². The molecule has 1 aromatic heterocycles. The number of likely N-dealkylation sites (tertiary alicyclic amines) is 1. The highest BCUT2D eigenvalue weighted by Crippen LogP contribution is 2.60. The summed E-state index contributed by atoms with van der Waals surface area (Å²) in [4.78, 5) is 23.2. The van der Waals surface area contributed by atoms with E-state index in [2.05, 4.69) is 32.0 Å². The number of benzene rings is 1. The summed E-state index contributed by atoms with van der Waals surface area (Å²) < 4.78 is 5.53. The first-order valence-corrected chi connectivity index (χ1v) is 15.2. The second-order valence-electron chi connectivity index (χ2n) is 13.6. The number of nitrogens with zero attached hydrogens (tertiary/aromatic N) is 4. The van der Waals surface area contributed by atoms with E-state index in [4.69, 9.17) is 16.3 Å². The molecule has 3 N–H and O–H groups in total. The van der Waals surface area contributed by atoms with E-state index < -0.39 is 5.60 Å². The summed E-state index contributed by atoms with van der Waals surface area (Å²) in [6.07, 6.45) is 7.53. The minimum Gasteiger partial charge on any atom is -0.444 e. The Morgan fingerprint density at radius 1 is 1.17 bits per heavy atom. The number of halogens is 1. The van der Waals surface area contributed by atoms with Gasteiger partial charge in [0.2, 0.25) is 5.95 Å². The first kappa shape index (κ1) is 28.0. The Kier molecular flexibility index (Phi) is 7.50. The molecular weight excluding hydrogens is 538 g/mol. The quantitative estimate of drug-likeness (QED) is 0.380. The molecule has 4 saturated carbocycles. The molecule has 4 bridgehead atoms. The minimum absolute atomic E-state index is 0.214. The van der Waals surface area contributed by atoms with Gasteiger partial charge in [-0.25, -0.2) is 9.78 Å². The fourth-order valence-electron chi connectivity index (χ4n) is 7.78. The molecule has 1 saturated heterocycles. The number of hydrogen-bond acceptors (Lipinski definition) is 8. The van der Waals surface area contributed by atoms with Crippen LogP contribution in [-0.2, 0) is 11.3 Å². The normalized spacial score (nSPS) is 28.6. The number of hydrogen-bond donors (Lipinski definition) is 3. The Morgan fingerprint density at radius 3 is 2.59 bits per heavy atom. The van der Waals surface area contributed by atoms with Crippen LogP contribution in [0, 0.1) is 34.5 Å². The highest BCUT2D eigenvalue weighted by molar-refractivity contribution is 6.31. The van der Waals surface area contributed by atoms with Gasteiger partial charge in [0.15, 0.2) is 0 Å². The smallest absolute Gasteiger partial charge is 0.410 e. The zero-order valence-electron chi connectivity index (χ0n) is 24.1. The maximum atomic E-state index is 12.4. The zero-order valence-corrected chi connectivity index (χ0v) is 24.9. The molecule has 218 valence electrons. The van der Waals surface area contributed by atoms with Crippen molar-refractivity contribution in [2.24, 2.45) is 23.2 Å². The molecule has 10 heteroatoms. The van der Waals surface area contributed by atoms with Crippen molar-refractivity contribution in [3.8, 4) is 6.07 Å². The number of carbonyl (C=O) groups is 1. The van der Waals surface area contributed by atoms with Gasteiger partial charge in [-0.2, -0.15) is 10.2 Å². The number of ether oxygens (including phenoxy) is 1. The number of amides is 1. The second kappa shape index (κ2) is 11.0. The van der Waals surface area contributed by atoms with Crippen LogP contribution in [0.5, 0.6) is 0 Å². The fourth-order valence-corrected chi connectivity index (χ4v) is 7.99. The van der Waals surface area contributed by atoms with E-state index in [1.165, 1.54) is 32.1 Å². The van der Waals surface area contributed by atoms with E-state index in [-0.39, 0.29) is 11.5 Å². The van der Waals surface area contributed by atoms with E-state index in [1.807, 2.05) is 45.0 Å². The lowest BCUT2D eigenvalue weighted by Crippen LogP contribution is -2.67. The van der Waals surface area contributed by atoms with Gasteiger partial charge in [-0.1, -0.05) is 29.8 Å². The number of nitriles is 1. The van der Waals surface area contributed by atoms with Crippen molar-refractivity contribution in [1.29, 1.82) is 5.26 Å². The average Bonchev–Trinajstić information content (AvgIpc) is 2.88. The largest absolute Gasteiger partial charge is 0.444 e. The molecule has 7 rings (SSSR count). The standard InChI is InChI=1S/C31H40ClN7O2/c1-30(2,3)41-29(40)39-16-24(17-39)37-26-21-8-19-9-22(26)12-31(10-19,11-21)18-36-27-23(13-33)15-35-28(38-27)34-14-20-6-4-5-7-25(20)32/h4-7,15,19,21-22,24,26,37H,8-12,14,16-18H2,1-3H3,(H2,34,35,36,38)/t19?,21-,22+,26?,31?. The number of carbonyl (C=O) groups excluding carboxylic acids is 1. The molecule has 2 heterocycles. The van der Waals surface area contributed by atoms with Crippen LogP contribution in [0.1, 0.15) is 64.0 Å². The van der Waals surface area contributed by atoms with Crippen molar-refractivity contribution in [3.05, 3.63) is 46.6 Å². The SMILES string of the molecule is CC(C)(C)OC(=O)N1CC(NC2[C@@H]3CC4C[C@H]2CC(CNc2nc(NCc5ccccc5Cl)ncc2C#N)(C4)C3)C1. The van der Waals surface area contributed by atoms with E-state index in [9.17, 15) is 10.1 Å². The zero-order chi connectivity index (χ0) is 28.8. The monoisotopic (exact) mass is 577 g/mol. The van der Waals surface area contributed by atoms with Crippen molar-refractivity contribution in [2.75, 3.05) is 30.3 Å². The van der Waals surface area contributed by atoms with Crippen molar-refractivity contribution < 1.29 is 9.53 Å². The van der Waals surface area contributed by atoms with Gasteiger partial charge in [-0.3, -0.25) is 0 Å². The average molecular weight is 578 g/mol. The lowest BCUT2D eigenvalue weighted by molar-refractivity contribution is -0.0776. The lowest BCUT2D eigenvalue weighted by Gasteiger charge is -2.61. The van der Waals surface area contributed by atoms with Gasteiger partial charge in [-0.05, 0) is 87.7 Å². The van der Waals surface area contributed by atoms with E-state index in [0.717, 1.165) is 31.1 Å². The van der Waals surface area contributed by atoms with Gasteiger partial charge in [-0.15, -0.1) is 0 Å². The Hall–Kier alpha value is -3.09. The molecule has 4 aliphatic carbocycles. The minimum atomic E-state index is -0.465. The summed E-state index contributed by atoms with van der Waals surface area (Å²) in [5.41, 5.74) is 1.18. The molecule has 41 heavy (non-hydrogen) atoms. The third-order valence-corrected chi connectivity index (χ3v) is 9.66. The first-order valence-electron chi connectivity index (χ1n) is 14.8. The molecule has 1 aliphatic heterocycles. The van der Waals surface area contributed by atoms with Gasteiger partial charge in [0, 0.05) is 43.3 Å². The molecule has 9 nitrogen and oxygen atoms in total. The summed E-state index contributed by atoms with van der Waals surface area (Å²) >= 11 is 6.30. The van der Waals surface area contributed by atoms with E-state index in [1.54, 1.807) is 11.1 Å². The van der Waals surface area contributed by atoms with Crippen molar-refractivity contribution in [2.45, 2.75) is 77.1 Å². The predicted molar refractivity (Wildman–Crippen MR) is 159 cm³/mol. The molecule has 0 radical (unpaired) electrons. The maximum Gasteiger partial charge on any atom is 0.410 e. The van der Waals surface area contributed by atoms with E-state index >= 15 is 0 Å². The van der Waals surface area contributed by atoms with Gasteiger partial charge in [0.1, 0.15) is 23.1 Å². The van der Waals surface area contributed by atoms with Crippen molar-refractivity contribution >= 4 is 29.5 Å². The third kappa shape index (κ3) is 6.09. The van der Waals surface area contributed by atoms with Gasteiger partial charge >= 0.3 is 6.09 Å². The third-order valence-electron chi connectivity index (χ3n) is 9.30. The van der Waals surface area contributed by atoms with Crippen LogP contribution in [0.3, 0.4) is 0 Å². The fraction of sp³-hybridized carbons (Fsp3) is 0.613. The van der Waals surface area contributed by atoms with Crippen molar-refractivity contribution in [3.63, 3.8) is 0 Å². The Morgan fingerprint density at radius 2 is 1.90 bits per heavy atom. The molecule has 2 aromatic rings. The van der Waals surface area contributed by atoms with E-state index in [0.29, 0.717) is 52.8 Å². The van der Waals surface area contributed by atoms with Crippen LogP contribution in [0.2, 0.25) is 5.02 Å². The van der Waals surface area contributed by atoms with Crippen LogP contribution in [0.25, 0.3) is 0 Å². The molecule has 3 unspecified atom stereocenters. The summed E-state index contributed by atoms with van der Waals surface area (Å²) in [5.74, 6) is 3.12. The molecule has 5 aliphatic rings. The molecule has 1 aromatic carbocycles. The topological polar surface area (TPSA) is 115 Å². The molecule has 5 atom stereocenters. The number of rotatable bonds is 8. The summed E-state index contributed by atoms with van der Waals surface area (Å²) in [6.45, 7) is 8.48. The second-order valence-corrected chi connectivity index (χ2v) is 14.0. The Balaban J connectivity index is 1.05.